The Morgan fingerprint density at radius 2 is 1.84 bits per heavy atom. The first-order valence-corrected chi connectivity index (χ1v) is 8.56. The second kappa shape index (κ2) is 7.32. The molecule has 0 radical (unpaired) electrons. The Balaban J connectivity index is 0.00000225. The van der Waals surface area contributed by atoms with Gasteiger partial charge in [-0.05, 0) is 23.3 Å². The third kappa shape index (κ3) is 4.43. The van der Waals surface area contributed by atoms with Crippen LogP contribution in [0, 0.1) is 5.82 Å². The third-order valence-electron chi connectivity index (χ3n) is 3.58. The molecule has 0 saturated carbocycles. The van der Waals surface area contributed by atoms with Crippen LogP contribution < -0.4 is 15.4 Å². The fourth-order valence-electron chi connectivity index (χ4n) is 2.48. The Morgan fingerprint density at radius 3 is 2.52 bits per heavy atom. The molecule has 9 heteroatoms. The van der Waals surface area contributed by atoms with Gasteiger partial charge in [0.15, 0.2) is 0 Å². The Morgan fingerprint density at radius 1 is 1.12 bits per heavy atom. The first-order chi connectivity index (χ1) is 11.3. The number of nitrogens with two attached hydrogens (primary N) is 1. The van der Waals surface area contributed by atoms with Crippen LogP contribution in [-0.4, -0.2) is 13.4 Å². The van der Waals surface area contributed by atoms with Crippen molar-refractivity contribution in [2.45, 2.75) is 6.54 Å². The summed E-state index contributed by atoms with van der Waals surface area (Å²) in [5.41, 5.74) is 1.64. The van der Waals surface area contributed by atoms with Crippen LogP contribution in [0.25, 0.3) is 22.0 Å². The number of para-hydroxylation sites is 1. The zero-order valence-electron chi connectivity index (χ0n) is 12.8. The molecule has 0 aliphatic carbocycles. The van der Waals surface area contributed by atoms with Gasteiger partial charge in [-0.3, -0.25) is 4.79 Å². The van der Waals surface area contributed by atoms with Crippen LogP contribution in [-0.2, 0) is 16.8 Å². The molecule has 25 heavy (non-hydrogen) atoms. The lowest BCUT2D eigenvalue weighted by atomic mass is 10.00. The van der Waals surface area contributed by atoms with Crippen LogP contribution in [0.15, 0.2) is 53.3 Å². The van der Waals surface area contributed by atoms with E-state index in [2.05, 4.69) is 4.98 Å². The van der Waals surface area contributed by atoms with Gasteiger partial charge in [-0.25, -0.2) is 9.53 Å². The molecule has 6 nitrogen and oxygen atoms in total. The first kappa shape index (κ1) is 19.1. The molecule has 1 heterocycles. The van der Waals surface area contributed by atoms with E-state index in [0.29, 0.717) is 16.6 Å². The molecule has 0 unspecified atom stereocenters. The summed E-state index contributed by atoms with van der Waals surface area (Å²) in [7, 11) is -3.90. The Hall–Kier alpha value is -2.26. The summed E-state index contributed by atoms with van der Waals surface area (Å²) >= 11 is 0. The number of hydrogen-bond acceptors (Lipinski definition) is 3. The number of rotatable bonds is 4. The average molecular weight is 384 g/mol. The maximum Gasteiger partial charge on any atom is 0.274 e. The molecule has 1 aromatic heterocycles. The van der Waals surface area contributed by atoms with Crippen molar-refractivity contribution in [3.63, 3.8) is 0 Å². The number of H-pyrrole nitrogens is 1. The van der Waals surface area contributed by atoms with E-state index in [9.17, 15) is 17.6 Å². The fraction of sp³-hybridized carbons (Fsp3) is 0.0625. The van der Waals surface area contributed by atoms with Gasteiger partial charge in [0.25, 0.3) is 10.2 Å². The number of nitrogens with one attached hydrogen (secondary N) is 2. The highest BCUT2D eigenvalue weighted by Crippen LogP contribution is 2.27. The smallest absolute Gasteiger partial charge is 0.274 e. The van der Waals surface area contributed by atoms with E-state index in [0.717, 1.165) is 5.39 Å². The van der Waals surface area contributed by atoms with Crippen molar-refractivity contribution >= 4 is 33.5 Å². The molecule has 3 rings (SSSR count). The van der Waals surface area contributed by atoms with Gasteiger partial charge in [0.1, 0.15) is 5.82 Å². The SMILES string of the molecule is Cl.NS(=O)(=O)NCc1ccc(-c2cc(=O)[nH]c3ccccc23)cc1F. The standard InChI is InChI=1S/C16H14FN3O3S.ClH/c17-14-7-10(5-6-11(14)9-19-24(18,22)23)13-8-16(21)20-15-4-2-1-3-12(13)15;/h1-8,19H,9H2,(H,20,21)(H2,18,22,23);1H. The van der Waals surface area contributed by atoms with Gasteiger partial charge < -0.3 is 4.98 Å². The van der Waals surface area contributed by atoms with Crippen LogP contribution in [0.4, 0.5) is 4.39 Å². The predicted molar refractivity (Wildman–Crippen MR) is 97.2 cm³/mol. The molecule has 3 aromatic rings. The number of aromatic nitrogens is 1. The number of pyridine rings is 1. The largest absolute Gasteiger partial charge is 0.322 e. The molecule has 0 spiro atoms. The van der Waals surface area contributed by atoms with Crippen LogP contribution in [0.3, 0.4) is 0 Å². The average Bonchev–Trinajstić information content (AvgIpc) is 2.52. The van der Waals surface area contributed by atoms with Crippen molar-refractivity contribution in [2.24, 2.45) is 5.14 Å². The highest BCUT2D eigenvalue weighted by Gasteiger charge is 2.10. The first-order valence-electron chi connectivity index (χ1n) is 7.02. The molecule has 0 amide bonds. The van der Waals surface area contributed by atoms with Gasteiger partial charge in [0, 0.05) is 29.1 Å². The highest BCUT2D eigenvalue weighted by molar-refractivity contribution is 7.87. The Kier molecular flexibility index (Phi) is 5.58. The molecule has 4 N–H and O–H groups in total. The summed E-state index contributed by atoms with van der Waals surface area (Å²) in [5.74, 6) is -0.590. The molecule has 0 saturated heterocycles. The summed E-state index contributed by atoms with van der Waals surface area (Å²) in [6, 6.07) is 13.0. The van der Waals surface area contributed by atoms with Gasteiger partial charge in [0.05, 0.1) is 0 Å². The van der Waals surface area contributed by atoms with Crippen LogP contribution >= 0.6 is 12.4 Å². The lowest BCUT2D eigenvalue weighted by Crippen LogP contribution is -2.30. The second-order valence-corrected chi connectivity index (χ2v) is 6.64. The normalized spacial score (nSPS) is 11.3. The lowest BCUT2D eigenvalue weighted by molar-refractivity contribution is 0.576. The summed E-state index contributed by atoms with van der Waals surface area (Å²) in [6.07, 6.45) is 0. The number of halogens is 2. The number of fused-ring (bicyclic) bond motifs is 1. The minimum Gasteiger partial charge on any atom is -0.322 e. The molecule has 0 fully saturated rings. The zero-order chi connectivity index (χ0) is 17.3. The predicted octanol–water partition coefficient (Wildman–Crippen LogP) is 2.05. The number of hydrogen-bond donors (Lipinski definition) is 3. The maximum atomic E-state index is 14.3. The van der Waals surface area contributed by atoms with Gasteiger partial charge in [-0.15, -0.1) is 12.4 Å². The third-order valence-corrected chi connectivity index (χ3v) is 4.13. The van der Waals surface area contributed by atoms with E-state index in [1.165, 1.54) is 18.2 Å². The van der Waals surface area contributed by atoms with E-state index in [4.69, 9.17) is 5.14 Å². The van der Waals surface area contributed by atoms with Crippen LogP contribution in [0.2, 0.25) is 0 Å². The molecule has 0 aliphatic heterocycles. The van der Waals surface area contributed by atoms with Gasteiger partial charge in [-0.2, -0.15) is 13.1 Å². The molecular weight excluding hydrogens is 369 g/mol. The fourth-order valence-corrected chi connectivity index (χ4v) is 2.84. The Labute approximate surface area is 149 Å². The van der Waals surface area contributed by atoms with Crippen molar-refractivity contribution in [3.8, 4) is 11.1 Å². The molecule has 0 bridgehead atoms. The van der Waals surface area contributed by atoms with Crippen molar-refractivity contribution in [1.29, 1.82) is 0 Å². The molecule has 0 aliphatic rings. The van der Waals surface area contributed by atoms with Crippen LogP contribution in [0.1, 0.15) is 5.56 Å². The number of aromatic amines is 1. The summed E-state index contributed by atoms with van der Waals surface area (Å²) < 4.78 is 38.1. The topological polar surface area (TPSA) is 105 Å². The highest BCUT2D eigenvalue weighted by atomic mass is 35.5. The number of benzene rings is 2. The van der Waals surface area contributed by atoms with Gasteiger partial charge >= 0.3 is 0 Å². The monoisotopic (exact) mass is 383 g/mol. The van der Waals surface area contributed by atoms with Gasteiger partial charge in [0.2, 0.25) is 5.56 Å². The van der Waals surface area contributed by atoms with Crippen molar-refractivity contribution in [1.82, 2.24) is 9.71 Å². The van der Waals surface area contributed by atoms with E-state index in [1.54, 1.807) is 18.2 Å². The van der Waals surface area contributed by atoms with E-state index in [1.807, 2.05) is 16.9 Å². The van der Waals surface area contributed by atoms with Crippen molar-refractivity contribution in [2.75, 3.05) is 0 Å². The Bertz CT molecular complexity index is 1080. The molecule has 0 atom stereocenters. The molecule has 2 aromatic carbocycles. The molecular formula is C16H15ClFN3O3S. The van der Waals surface area contributed by atoms with E-state index in [-0.39, 0.29) is 30.1 Å². The second-order valence-electron chi connectivity index (χ2n) is 5.27. The summed E-state index contributed by atoms with van der Waals surface area (Å²) in [6.45, 7) is -0.249. The van der Waals surface area contributed by atoms with Crippen LogP contribution in [0.5, 0.6) is 0 Å². The quantitative estimate of drug-likeness (QED) is 0.642. The summed E-state index contributed by atoms with van der Waals surface area (Å²) in [4.78, 5) is 14.5. The maximum absolute atomic E-state index is 14.3. The van der Waals surface area contributed by atoms with E-state index < -0.39 is 16.0 Å². The van der Waals surface area contributed by atoms with Crippen molar-refractivity contribution < 1.29 is 12.8 Å². The minimum absolute atomic E-state index is 0. The van der Waals surface area contributed by atoms with Gasteiger partial charge in [-0.1, -0.05) is 30.3 Å². The lowest BCUT2D eigenvalue weighted by Gasteiger charge is -2.09. The van der Waals surface area contributed by atoms with E-state index >= 15 is 0 Å². The zero-order valence-corrected chi connectivity index (χ0v) is 14.5. The molecule has 132 valence electrons. The summed E-state index contributed by atoms with van der Waals surface area (Å²) in [5, 5.41) is 5.62. The minimum atomic E-state index is -3.90. The van der Waals surface area contributed by atoms with Crippen molar-refractivity contribution in [3.05, 3.63) is 70.3 Å².